The minimum atomic E-state index is -3.53. The SMILES string of the molecule is CCOc1ccc(S(=O)(=O)N2CCC[C@@H]2c2ccnn2CC)cc1. The minimum Gasteiger partial charge on any atom is -0.494 e. The Morgan fingerprint density at radius 1 is 1.21 bits per heavy atom. The average molecular weight is 349 g/mol. The van der Waals surface area contributed by atoms with E-state index >= 15 is 0 Å². The van der Waals surface area contributed by atoms with E-state index in [1.54, 1.807) is 34.8 Å². The fourth-order valence-corrected chi connectivity index (χ4v) is 4.89. The Kier molecular flexibility index (Phi) is 4.91. The highest BCUT2D eigenvalue weighted by Gasteiger charge is 2.37. The Labute approximate surface area is 143 Å². The smallest absolute Gasteiger partial charge is 0.243 e. The van der Waals surface area contributed by atoms with Gasteiger partial charge in [0.1, 0.15) is 5.75 Å². The Balaban J connectivity index is 1.90. The van der Waals surface area contributed by atoms with Crippen molar-refractivity contribution in [2.75, 3.05) is 13.2 Å². The molecule has 1 aromatic heterocycles. The predicted molar refractivity (Wildman–Crippen MR) is 91.4 cm³/mol. The summed E-state index contributed by atoms with van der Waals surface area (Å²) in [7, 11) is -3.53. The largest absolute Gasteiger partial charge is 0.494 e. The normalized spacial score (nSPS) is 18.8. The van der Waals surface area contributed by atoms with Gasteiger partial charge in [-0.3, -0.25) is 4.68 Å². The lowest BCUT2D eigenvalue weighted by atomic mass is 10.1. The van der Waals surface area contributed by atoms with Crippen molar-refractivity contribution in [3.8, 4) is 5.75 Å². The first-order chi connectivity index (χ1) is 11.6. The zero-order chi connectivity index (χ0) is 17.2. The second-order valence-corrected chi connectivity index (χ2v) is 7.64. The molecule has 130 valence electrons. The summed E-state index contributed by atoms with van der Waals surface area (Å²) < 4.78 is 35.0. The van der Waals surface area contributed by atoms with Crippen LogP contribution >= 0.6 is 0 Å². The molecule has 24 heavy (non-hydrogen) atoms. The van der Waals surface area contributed by atoms with Gasteiger partial charge in [0, 0.05) is 19.3 Å². The molecular weight excluding hydrogens is 326 g/mol. The van der Waals surface area contributed by atoms with E-state index in [0.29, 0.717) is 23.8 Å². The van der Waals surface area contributed by atoms with Crippen molar-refractivity contribution in [1.82, 2.24) is 14.1 Å². The number of hydrogen-bond acceptors (Lipinski definition) is 4. The molecule has 0 bridgehead atoms. The highest BCUT2D eigenvalue weighted by atomic mass is 32.2. The van der Waals surface area contributed by atoms with Crippen LogP contribution in [0, 0.1) is 0 Å². The highest BCUT2D eigenvalue weighted by Crippen LogP contribution is 2.36. The van der Waals surface area contributed by atoms with Crippen LogP contribution in [-0.4, -0.2) is 35.7 Å². The van der Waals surface area contributed by atoms with Crippen molar-refractivity contribution < 1.29 is 13.2 Å². The summed E-state index contributed by atoms with van der Waals surface area (Å²) in [4.78, 5) is 0.306. The van der Waals surface area contributed by atoms with Gasteiger partial charge in [0.2, 0.25) is 10.0 Å². The molecular formula is C17H23N3O3S. The first-order valence-electron chi connectivity index (χ1n) is 8.34. The fraction of sp³-hybridized carbons (Fsp3) is 0.471. The van der Waals surface area contributed by atoms with Gasteiger partial charge in [0.25, 0.3) is 0 Å². The Morgan fingerprint density at radius 3 is 2.62 bits per heavy atom. The summed E-state index contributed by atoms with van der Waals surface area (Å²) in [6.07, 6.45) is 3.41. The summed E-state index contributed by atoms with van der Waals surface area (Å²) in [5.41, 5.74) is 0.963. The van der Waals surface area contributed by atoms with Crippen molar-refractivity contribution in [2.24, 2.45) is 0 Å². The lowest BCUT2D eigenvalue weighted by molar-refractivity contribution is 0.340. The van der Waals surface area contributed by atoms with Crippen molar-refractivity contribution in [3.63, 3.8) is 0 Å². The molecule has 0 N–H and O–H groups in total. The third kappa shape index (κ3) is 3.06. The maximum Gasteiger partial charge on any atom is 0.243 e. The van der Waals surface area contributed by atoms with Crippen LogP contribution in [0.3, 0.4) is 0 Å². The van der Waals surface area contributed by atoms with Crippen LogP contribution in [0.25, 0.3) is 0 Å². The first-order valence-corrected chi connectivity index (χ1v) is 9.78. The van der Waals surface area contributed by atoms with Crippen molar-refractivity contribution in [1.29, 1.82) is 0 Å². The molecule has 0 spiro atoms. The van der Waals surface area contributed by atoms with E-state index < -0.39 is 10.0 Å². The lowest BCUT2D eigenvalue weighted by Crippen LogP contribution is -2.31. The maximum atomic E-state index is 13.1. The van der Waals surface area contributed by atoms with E-state index in [1.165, 1.54) is 0 Å². The van der Waals surface area contributed by atoms with Gasteiger partial charge in [0.15, 0.2) is 0 Å². The topological polar surface area (TPSA) is 64.4 Å². The van der Waals surface area contributed by atoms with Gasteiger partial charge in [-0.15, -0.1) is 0 Å². The molecule has 6 nitrogen and oxygen atoms in total. The van der Waals surface area contributed by atoms with Crippen LogP contribution < -0.4 is 4.74 Å². The molecule has 0 unspecified atom stereocenters. The Hall–Kier alpha value is -1.86. The van der Waals surface area contributed by atoms with Crippen LogP contribution in [0.2, 0.25) is 0 Å². The van der Waals surface area contributed by atoms with Crippen LogP contribution in [0.5, 0.6) is 5.75 Å². The van der Waals surface area contributed by atoms with Gasteiger partial charge in [0.05, 0.1) is 23.2 Å². The zero-order valence-electron chi connectivity index (χ0n) is 14.1. The minimum absolute atomic E-state index is 0.149. The van der Waals surface area contributed by atoms with Crippen LogP contribution in [0.4, 0.5) is 0 Å². The van der Waals surface area contributed by atoms with Gasteiger partial charge in [-0.1, -0.05) is 0 Å². The van der Waals surface area contributed by atoms with E-state index in [9.17, 15) is 8.42 Å². The second kappa shape index (κ2) is 6.94. The van der Waals surface area contributed by atoms with Gasteiger partial charge >= 0.3 is 0 Å². The molecule has 0 aliphatic carbocycles. The highest BCUT2D eigenvalue weighted by molar-refractivity contribution is 7.89. The molecule has 7 heteroatoms. The molecule has 1 aliphatic rings. The van der Waals surface area contributed by atoms with E-state index in [0.717, 1.165) is 25.1 Å². The van der Waals surface area contributed by atoms with Crippen molar-refractivity contribution in [3.05, 3.63) is 42.2 Å². The summed E-state index contributed by atoms with van der Waals surface area (Å²) in [6, 6.07) is 8.42. The van der Waals surface area contributed by atoms with Crippen LogP contribution in [0.1, 0.15) is 38.4 Å². The molecule has 0 amide bonds. The van der Waals surface area contributed by atoms with E-state index in [2.05, 4.69) is 5.10 Å². The van der Waals surface area contributed by atoms with E-state index in [4.69, 9.17) is 4.74 Å². The van der Waals surface area contributed by atoms with Crippen LogP contribution in [0.15, 0.2) is 41.4 Å². The molecule has 1 aromatic carbocycles. The predicted octanol–water partition coefficient (Wildman–Crippen LogP) is 2.83. The summed E-state index contributed by atoms with van der Waals surface area (Å²) in [6.45, 7) is 5.74. The number of hydrogen-bond donors (Lipinski definition) is 0. The Morgan fingerprint density at radius 2 is 1.96 bits per heavy atom. The molecule has 3 rings (SSSR count). The first kappa shape index (κ1) is 17.0. The molecule has 1 fully saturated rings. The van der Waals surface area contributed by atoms with Crippen molar-refractivity contribution >= 4 is 10.0 Å². The van der Waals surface area contributed by atoms with E-state index in [1.807, 2.05) is 24.6 Å². The lowest BCUT2D eigenvalue weighted by Gasteiger charge is -2.24. The third-order valence-electron chi connectivity index (χ3n) is 4.34. The summed E-state index contributed by atoms with van der Waals surface area (Å²) in [5, 5.41) is 4.28. The summed E-state index contributed by atoms with van der Waals surface area (Å²) in [5.74, 6) is 0.679. The molecule has 1 atom stereocenters. The van der Waals surface area contributed by atoms with Crippen LogP contribution in [-0.2, 0) is 16.6 Å². The third-order valence-corrected chi connectivity index (χ3v) is 6.26. The molecule has 2 aromatic rings. The monoisotopic (exact) mass is 349 g/mol. The molecule has 2 heterocycles. The molecule has 0 saturated carbocycles. The van der Waals surface area contributed by atoms with E-state index in [-0.39, 0.29) is 6.04 Å². The zero-order valence-corrected chi connectivity index (χ0v) is 14.9. The van der Waals surface area contributed by atoms with Gasteiger partial charge in [-0.25, -0.2) is 8.42 Å². The number of ether oxygens (including phenoxy) is 1. The fourth-order valence-electron chi connectivity index (χ4n) is 3.22. The molecule has 1 saturated heterocycles. The number of rotatable bonds is 6. The quantitative estimate of drug-likeness (QED) is 0.804. The molecule has 1 aliphatic heterocycles. The summed E-state index contributed by atoms with van der Waals surface area (Å²) >= 11 is 0. The number of benzene rings is 1. The van der Waals surface area contributed by atoms with Gasteiger partial charge in [-0.2, -0.15) is 9.40 Å². The Bertz CT molecular complexity index is 784. The number of aromatic nitrogens is 2. The number of aryl methyl sites for hydroxylation is 1. The standard InChI is InChI=1S/C17H23N3O3S/c1-3-19-16(11-12-18-19)17-6-5-13-20(17)24(21,22)15-9-7-14(8-10-15)23-4-2/h7-12,17H,3-6,13H2,1-2H3/t17-/m1/s1. The average Bonchev–Trinajstić information content (AvgIpc) is 3.24. The van der Waals surface area contributed by atoms with Crippen molar-refractivity contribution in [2.45, 2.75) is 44.2 Å². The maximum absolute atomic E-state index is 13.1. The van der Waals surface area contributed by atoms with Gasteiger partial charge in [-0.05, 0) is 57.0 Å². The molecule has 0 radical (unpaired) electrons. The van der Waals surface area contributed by atoms with Gasteiger partial charge < -0.3 is 4.74 Å². The number of nitrogens with zero attached hydrogens (tertiary/aromatic N) is 3. The second-order valence-electron chi connectivity index (χ2n) is 5.75. The number of sulfonamides is 1.